The van der Waals surface area contributed by atoms with Crippen LogP contribution in [0.4, 0.5) is 11.4 Å². The number of halogens is 2. The highest BCUT2D eigenvalue weighted by atomic mass is 79.9. The van der Waals surface area contributed by atoms with Crippen LogP contribution in [-0.4, -0.2) is 25.8 Å². The number of carbonyl (C=O) groups is 2. The van der Waals surface area contributed by atoms with Crippen molar-refractivity contribution in [3.05, 3.63) is 141 Å². The van der Waals surface area contributed by atoms with Crippen LogP contribution in [0.1, 0.15) is 31.8 Å². The van der Waals surface area contributed by atoms with Gasteiger partial charge in [0.05, 0.1) is 25.6 Å². The Labute approximate surface area is 256 Å². The van der Waals surface area contributed by atoms with Crippen LogP contribution in [0.3, 0.4) is 0 Å². The van der Waals surface area contributed by atoms with Gasteiger partial charge in [0.25, 0.3) is 0 Å². The highest BCUT2D eigenvalue weighted by Crippen LogP contribution is 2.30. The molecule has 0 saturated carbocycles. The molecule has 0 radical (unpaired) electrons. The fourth-order valence-electron chi connectivity index (χ4n) is 4.00. The molecule has 0 amide bonds. The molecule has 4 rings (SSSR count). The molecule has 8 heteroatoms. The molecule has 41 heavy (non-hydrogen) atoms. The van der Waals surface area contributed by atoms with E-state index < -0.39 is 0 Å². The van der Waals surface area contributed by atoms with Crippen LogP contribution in [0.25, 0.3) is 0 Å². The van der Waals surface area contributed by atoms with E-state index in [0.717, 1.165) is 31.4 Å². The largest absolute Gasteiger partial charge is 0.495 e. The van der Waals surface area contributed by atoms with E-state index in [1.54, 1.807) is 50.9 Å². The quantitative estimate of drug-likeness (QED) is 0.116. The highest BCUT2D eigenvalue weighted by molar-refractivity contribution is 9.10. The molecule has 0 aliphatic rings. The Balaban J connectivity index is 1.38. The first-order chi connectivity index (χ1) is 19.9. The summed E-state index contributed by atoms with van der Waals surface area (Å²) in [6, 6.07) is 26.2. The lowest BCUT2D eigenvalue weighted by Crippen LogP contribution is -1.99. The first kappa shape index (κ1) is 29.8. The van der Waals surface area contributed by atoms with Crippen molar-refractivity contribution in [1.29, 1.82) is 0 Å². The smallest absolute Gasteiger partial charge is 0.187 e. The number of allylic oxidation sites excluding steroid dienone is 2. The van der Waals surface area contributed by atoms with Gasteiger partial charge in [0, 0.05) is 44.6 Å². The van der Waals surface area contributed by atoms with E-state index in [0.29, 0.717) is 29.0 Å². The van der Waals surface area contributed by atoms with Crippen molar-refractivity contribution in [1.82, 2.24) is 0 Å². The zero-order valence-electron chi connectivity index (χ0n) is 22.5. The number of rotatable bonds is 12. The fourth-order valence-corrected chi connectivity index (χ4v) is 4.53. The minimum atomic E-state index is -0.0980. The van der Waals surface area contributed by atoms with Crippen molar-refractivity contribution >= 4 is 54.8 Å². The van der Waals surface area contributed by atoms with Gasteiger partial charge in [-0.1, -0.05) is 44.0 Å². The van der Waals surface area contributed by atoms with E-state index >= 15 is 0 Å². The van der Waals surface area contributed by atoms with Gasteiger partial charge in [-0.2, -0.15) is 0 Å². The molecule has 6 nitrogen and oxygen atoms in total. The first-order valence-electron chi connectivity index (χ1n) is 12.7. The Bertz CT molecular complexity index is 1460. The number of hydrogen-bond acceptors (Lipinski definition) is 6. The summed E-state index contributed by atoms with van der Waals surface area (Å²) >= 11 is 6.75. The van der Waals surface area contributed by atoms with Gasteiger partial charge in [0.1, 0.15) is 11.5 Å². The minimum Gasteiger partial charge on any atom is -0.495 e. The number of methoxy groups -OCH3 is 2. The molecule has 0 saturated heterocycles. The molecule has 0 bridgehead atoms. The average molecular weight is 676 g/mol. The molecule has 208 valence electrons. The van der Waals surface area contributed by atoms with E-state index in [1.807, 2.05) is 60.7 Å². The standard InChI is InChI=1S/C33H28Br2N2O4/c1-40-32-20-22(3-13-28(32)36-17-15-30(38)24-5-9-26(34)10-6-24)19-23-4-14-29(33(21-23)41-2)37-18-16-31(39)25-7-11-27(35)12-8-25/h3-18,20-21,36-37H,19H2,1-2H3. The van der Waals surface area contributed by atoms with Crippen molar-refractivity contribution in [2.45, 2.75) is 6.42 Å². The van der Waals surface area contributed by atoms with Crippen LogP contribution < -0.4 is 20.1 Å². The van der Waals surface area contributed by atoms with Gasteiger partial charge in [-0.15, -0.1) is 0 Å². The topological polar surface area (TPSA) is 76.7 Å². The van der Waals surface area contributed by atoms with Crippen LogP contribution in [0.15, 0.2) is 118 Å². The molecule has 0 fully saturated rings. The average Bonchev–Trinajstić information content (AvgIpc) is 2.98. The van der Waals surface area contributed by atoms with Crippen molar-refractivity contribution in [2.75, 3.05) is 24.9 Å². The molecule has 0 heterocycles. The molecule has 0 unspecified atom stereocenters. The maximum absolute atomic E-state index is 12.4. The zero-order chi connectivity index (χ0) is 29.2. The molecular formula is C33H28Br2N2O4. The second-order valence-electron chi connectivity index (χ2n) is 8.94. The molecule has 0 spiro atoms. The summed E-state index contributed by atoms with van der Waals surface area (Å²) in [7, 11) is 3.22. The number of hydrogen-bond donors (Lipinski definition) is 2. The van der Waals surface area contributed by atoms with Crippen LogP contribution in [-0.2, 0) is 6.42 Å². The Morgan fingerprint density at radius 2 is 1.02 bits per heavy atom. The molecule has 4 aromatic rings. The third kappa shape index (κ3) is 8.42. The summed E-state index contributed by atoms with van der Waals surface area (Å²) in [5.41, 5.74) is 4.80. The van der Waals surface area contributed by atoms with Gasteiger partial charge >= 0.3 is 0 Å². The number of anilines is 2. The van der Waals surface area contributed by atoms with Crippen LogP contribution >= 0.6 is 31.9 Å². The molecule has 0 aliphatic heterocycles. The summed E-state index contributed by atoms with van der Waals surface area (Å²) in [4.78, 5) is 24.8. The summed E-state index contributed by atoms with van der Waals surface area (Å²) < 4.78 is 13.0. The van der Waals surface area contributed by atoms with Gasteiger partial charge in [0.2, 0.25) is 0 Å². The molecule has 0 aromatic heterocycles. The summed E-state index contributed by atoms with van der Waals surface area (Å²) in [5, 5.41) is 6.27. The minimum absolute atomic E-state index is 0.0980. The molecular weight excluding hydrogens is 648 g/mol. The van der Waals surface area contributed by atoms with E-state index in [-0.39, 0.29) is 11.6 Å². The second-order valence-corrected chi connectivity index (χ2v) is 10.8. The maximum atomic E-state index is 12.4. The van der Waals surface area contributed by atoms with Gasteiger partial charge in [-0.25, -0.2) is 0 Å². The van der Waals surface area contributed by atoms with Crippen molar-refractivity contribution < 1.29 is 19.1 Å². The summed E-state index contributed by atoms with van der Waals surface area (Å²) in [6.45, 7) is 0. The van der Waals surface area contributed by atoms with Crippen molar-refractivity contribution in [3.8, 4) is 11.5 Å². The van der Waals surface area contributed by atoms with Crippen LogP contribution in [0.2, 0.25) is 0 Å². The Hall–Kier alpha value is -4.14. The van der Waals surface area contributed by atoms with Crippen LogP contribution in [0, 0.1) is 0 Å². The highest BCUT2D eigenvalue weighted by Gasteiger charge is 2.09. The van der Waals surface area contributed by atoms with E-state index in [1.165, 1.54) is 12.2 Å². The lowest BCUT2D eigenvalue weighted by Gasteiger charge is -2.13. The number of ether oxygens (including phenoxy) is 2. The monoisotopic (exact) mass is 674 g/mol. The second kappa shape index (κ2) is 14.5. The molecule has 4 aromatic carbocycles. The predicted octanol–water partition coefficient (Wildman–Crippen LogP) is 8.44. The van der Waals surface area contributed by atoms with Gasteiger partial charge in [-0.05, 0) is 90.3 Å². The van der Waals surface area contributed by atoms with Crippen molar-refractivity contribution in [2.24, 2.45) is 0 Å². The molecule has 2 N–H and O–H groups in total. The Morgan fingerprint density at radius 3 is 1.39 bits per heavy atom. The maximum Gasteiger partial charge on any atom is 0.187 e. The number of nitrogens with one attached hydrogen (secondary N) is 2. The normalized spacial score (nSPS) is 11.0. The van der Waals surface area contributed by atoms with E-state index in [9.17, 15) is 9.59 Å². The lowest BCUT2D eigenvalue weighted by atomic mass is 10.0. The number of ketones is 2. The lowest BCUT2D eigenvalue weighted by molar-refractivity contribution is 0.103. The van der Waals surface area contributed by atoms with Gasteiger partial charge in [0.15, 0.2) is 11.6 Å². The van der Waals surface area contributed by atoms with Crippen LogP contribution in [0.5, 0.6) is 11.5 Å². The van der Waals surface area contributed by atoms with Crippen molar-refractivity contribution in [3.63, 3.8) is 0 Å². The summed E-state index contributed by atoms with van der Waals surface area (Å²) in [5.74, 6) is 1.13. The van der Waals surface area contributed by atoms with E-state index in [4.69, 9.17) is 9.47 Å². The third-order valence-corrected chi connectivity index (χ3v) is 7.20. The SMILES string of the molecule is COc1cc(Cc2ccc(NC=CC(=O)c3ccc(Br)cc3)c(OC)c2)ccc1NC=CC(=O)c1ccc(Br)cc1. The van der Waals surface area contributed by atoms with Gasteiger partial charge in [-0.3, -0.25) is 9.59 Å². The van der Waals surface area contributed by atoms with Gasteiger partial charge < -0.3 is 20.1 Å². The fraction of sp³-hybridized carbons (Fsp3) is 0.0909. The zero-order valence-corrected chi connectivity index (χ0v) is 25.7. The van der Waals surface area contributed by atoms with E-state index in [2.05, 4.69) is 42.5 Å². The summed E-state index contributed by atoms with van der Waals surface area (Å²) in [6.07, 6.45) is 6.86. The molecule has 0 atom stereocenters. The third-order valence-electron chi connectivity index (χ3n) is 6.14. The number of carbonyl (C=O) groups excluding carboxylic acids is 2. The Kier molecular flexibility index (Phi) is 10.5. The number of benzene rings is 4. The molecule has 0 aliphatic carbocycles. The first-order valence-corrected chi connectivity index (χ1v) is 14.2. The predicted molar refractivity (Wildman–Crippen MR) is 171 cm³/mol. The Morgan fingerprint density at radius 1 is 0.634 bits per heavy atom.